The molecule has 1 aliphatic rings. The van der Waals surface area contributed by atoms with Crippen LogP contribution in [0.15, 0.2) is 47.1 Å². The second-order valence-electron chi connectivity index (χ2n) is 5.39. The Hall–Kier alpha value is -1.88. The standard InChI is InChI=1S/C17H18BrN3O/c18-14-6-2-3-7-15(14)20-16-9-8-13(12-19-16)17(22)21-10-4-1-5-11-21/h2-3,6-9,12H,1,4-5,10-11H2,(H,19,20). The highest BCUT2D eigenvalue weighted by Gasteiger charge is 2.18. The second-order valence-corrected chi connectivity index (χ2v) is 6.24. The summed E-state index contributed by atoms with van der Waals surface area (Å²) >= 11 is 3.49. The van der Waals surface area contributed by atoms with Gasteiger partial charge in [0.05, 0.1) is 11.3 Å². The van der Waals surface area contributed by atoms with E-state index >= 15 is 0 Å². The Bertz CT molecular complexity index is 651. The van der Waals surface area contributed by atoms with Crippen molar-refractivity contribution in [1.82, 2.24) is 9.88 Å². The summed E-state index contributed by atoms with van der Waals surface area (Å²) in [7, 11) is 0. The van der Waals surface area contributed by atoms with Crippen molar-refractivity contribution in [3.63, 3.8) is 0 Å². The van der Waals surface area contributed by atoms with Gasteiger partial charge in [0.15, 0.2) is 0 Å². The fourth-order valence-corrected chi connectivity index (χ4v) is 2.96. The Morgan fingerprint density at radius 2 is 1.86 bits per heavy atom. The van der Waals surface area contributed by atoms with Gasteiger partial charge < -0.3 is 10.2 Å². The highest BCUT2D eigenvalue weighted by molar-refractivity contribution is 9.10. The Labute approximate surface area is 138 Å². The number of hydrogen-bond acceptors (Lipinski definition) is 3. The fraction of sp³-hybridized carbons (Fsp3) is 0.294. The minimum Gasteiger partial charge on any atom is -0.339 e. The lowest BCUT2D eigenvalue weighted by Gasteiger charge is -2.26. The molecule has 1 amide bonds. The summed E-state index contributed by atoms with van der Waals surface area (Å²) in [6, 6.07) is 11.5. The van der Waals surface area contributed by atoms with E-state index in [1.54, 1.807) is 6.20 Å². The van der Waals surface area contributed by atoms with E-state index in [1.807, 2.05) is 41.3 Å². The molecule has 1 fully saturated rings. The molecule has 0 atom stereocenters. The Kier molecular flexibility index (Phi) is 4.73. The number of para-hydroxylation sites is 1. The molecular weight excluding hydrogens is 342 g/mol. The number of rotatable bonds is 3. The number of likely N-dealkylation sites (tertiary alicyclic amines) is 1. The maximum Gasteiger partial charge on any atom is 0.255 e. The number of halogens is 1. The number of carbonyl (C=O) groups is 1. The summed E-state index contributed by atoms with van der Waals surface area (Å²) in [5.41, 5.74) is 1.60. The summed E-state index contributed by atoms with van der Waals surface area (Å²) in [6.45, 7) is 1.71. The number of benzene rings is 1. The van der Waals surface area contributed by atoms with Crippen LogP contribution in [-0.4, -0.2) is 28.9 Å². The Morgan fingerprint density at radius 1 is 1.09 bits per heavy atom. The first-order chi connectivity index (χ1) is 10.7. The number of nitrogens with zero attached hydrogens (tertiary/aromatic N) is 2. The van der Waals surface area contributed by atoms with Gasteiger partial charge in [-0.2, -0.15) is 0 Å². The maximum absolute atomic E-state index is 12.4. The van der Waals surface area contributed by atoms with Crippen molar-refractivity contribution in [2.45, 2.75) is 19.3 Å². The number of amides is 1. The smallest absolute Gasteiger partial charge is 0.255 e. The molecule has 1 aliphatic heterocycles. The van der Waals surface area contributed by atoms with Crippen LogP contribution in [0.5, 0.6) is 0 Å². The van der Waals surface area contributed by atoms with Crippen molar-refractivity contribution in [3.8, 4) is 0 Å². The third-order valence-electron chi connectivity index (χ3n) is 3.79. The summed E-state index contributed by atoms with van der Waals surface area (Å²) in [6.07, 6.45) is 5.06. The molecule has 0 spiro atoms. The van der Waals surface area contributed by atoms with Crippen molar-refractivity contribution in [2.75, 3.05) is 18.4 Å². The minimum absolute atomic E-state index is 0.0830. The fourth-order valence-electron chi connectivity index (χ4n) is 2.57. The number of aromatic nitrogens is 1. The average molecular weight is 360 g/mol. The first kappa shape index (κ1) is 15.0. The number of carbonyl (C=O) groups excluding carboxylic acids is 1. The summed E-state index contributed by atoms with van der Waals surface area (Å²) in [4.78, 5) is 18.7. The predicted octanol–water partition coefficient (Wildman–Crippen LogP) is 4.21. The first-order valence-electron chi connectivity index (χ1n) is 7.51. The van der Waals surface area contributed by atoms with Crippen molar-refractivity contribution in [1.29, 1.82) is 0 Å². The molecule has 1 N–H and O–H groups in total. The average Bonchev–Trinajstić information content (AvgIpc) is 2.58. The molecule has 4 nitrogen and oxygen atoms in total. The molecule has 1 saturated heterocycles. The van der Waals surface area contributed by atoms with E-state index in [4.69, 9.17) is 0 Å². The molecule has 0 aliphatic carbocycles. The van der Waals surface area contributed by atoms with E-state index in [2.05, 4.69) is 26.2 Å². The van der Waals surface area contributed by atoms with Gasteiger partial charge in [-0.05, 0) is 59.5 Å². The van der Waals surface area contributed by atoms with Crippen LogP contribution in [0.3, 0.4) is 0 Å². The number of piperidine rings is 1. The molecule has 1 aromatic carbocycles. The SMILES string of the molecule is O=C(c1ccc(Nc2ccccc2Br)nc1)N1CCCCC1. The van der Waals surface area contributed by atoms with Crippen LogP contribution in [0.2, 0.25) is 0 Å². The van der Waals surface area contributed by atoms with E-state index in [-0.39, 0.29) is 5.91 Å². The van der Waals surface area contributed by atoms with E-state index in [9.17, 15) is 4.79 Å². The molecule has 2 heterocycles. The molecule has 2 aromatic rings. The Balaban J connectivity index is 1.70. The van der Waals surface area contributed by atoms with Crippen molar-refractivity contribution < 1.29 is 4.79 Å². The monoisotopic (exact) mass is 359 g/mol. The summed E-state index contributed by atoms with van der Waals surface area (Å²) in [5, 5.41) is 3.23. The van der Waals surface area contributed by atoms with Crippen LogP contribution < -0.4 is 5.32 Å². The van der Waals surface area contributed by atoms with Crippen LogP contribution in [0.4, 0.5) is 11.5 Å². The van der Waals surface area contributed by atoms with Crippen molar-refractivity contribution in [3.05, 3.63) is 52.6 Å². The van der Waals surface area contributed by atoms with Gasteiger partial charge >= 0.3 is 0 Å². The number of anilines is 2. The predicted molar refractivity (Wildman–Crippen MR) is 91.4 cm³/mol. The molecule has 22 heavy (non-hydrogen) atoms. The number of nitrogens with one attached hydrogen (secondary N) is 1. The highest BCUT2D eigenvalue weighted by Crippen LogP contribution is 2.24. The number of pyridine rings is 1. The maximum atomic E-state index is 12.4. The zero-order valence-electron chi connectivity index (χ0n) is 12.3. The molecular formula is C17H18BrN3O. The van der Waals surface area contributed by atoms with Crippen molar-refractivity contribution in [2.24, 2.45) is 0 Å². The van der Waals surface area contributed by atoms with Gasteiger partial charge in [0.2, 0.25) is 0 Å². The third kappa shape index (κ3) is 3.47. The molecule has 0 radical (unpaired) electrons. The van der Waals surface area contributed by atoms with E-state index in [1.165, 1.54) is 6.42 Å². The second kappa shape index (κ2) is 6.92. The van der Waals surface area contributed by atoms with Gasteiger partial charge in [-0.15, -0.1) is 0 Å². The Morgan fingerprint density at radius 3 is 2.55 bits per heavy atom. The van der Waals surface area contributed by atoms with Gasteiger partial charge in [0.1, 0.15) is 5.82 Å². The lowest BCUT2D eigenvalue weighted by molar-refractivity contribution is 0.0724. The largest absolute Gasteiger partial charge is 0.339 e. The van der Waals surface area contributed by atoms with E-state index in [0.717, 1.165) is 41.9 Å². The van der Waals surface area contributed by atoms with Gasteiger partial charge in [-0.3, -0.25) is 4.79 Å². The molecule has 114 valence electrons. The first-order valence-corrected chi connectivity index (χ1v) is 8.30. The van der Waals surface area contributed by atoms with Crippen LogP contribution in [0.1, 0.15) is 29.6 Å². The number of hydrogen-bond donors (Lipinski definition) is 1. The molecule has 5 heteroatoms. The summed E-state index contributed by atoms with van der Waals surface area (Å²) < 4.78 is 0.977. The van der Waals surface area contributed by atoms with Crippen molar-refractivity contribution >= 4 is 33.3 Å². The van der Waals surface area contributed by atoms with Gasteiger partial charge in [-0.1, -0.05) is 12.1 Å². The molecule has 0 bridgehead atoms. The topological polar surface area (TPSA) is 45.2 Å². The van der Waals surface area contributed by atoms with Gasteiger partial charge in [0.25, 0.3) is 5.91 Å². The summed E-state index contributed by atoms with van der Waals surface area (Å²) in [5.74, 6) is 0.807. The molecule has 0 unspecified atom stereocenters. The normalized spacial score (nSPS) is 14.7. The minimum atomic E-state index is 0.0830. The van der Waals surface area contributed by atoms with E-state index in [0.29, 0.717) is 5.56 Å². The molecule has 0 saturated carbocycles. The highest BCUT2D eigenvalue weighted by atomic mass is 79.9. The van der Waals surface area contributed by atoms with Crippen LogP contribution >= 0.6 is 15.9 Å². The lowest BCUT2D eigenvalue weighted by atomic mass is 10.1. The zero-order valence-corrected chi connectivity index (χ0v) is 13.8. The van der Waals surface area contributed by atoms with E-state index < -0.39 is 0 Å². The van der Waals surface area contributed by atoms with Gasteiger partial charge in [-0.25, -0.2) is 4.98 Å². The molecule has 3 rings (SSSR count). The van der Waals surface area contributed by atoms with Crippen LogP contribution in [0, 0.1) is 0 Å². The van der Waals surface area contributed by atoms with Crippen LogP contribution in [0.25, 0.3) is 0 Å². The lowest BCUT2D eigenvalue weighted by Crippen LogP contribution is -2.35. The zero-order chi connectivity index (χ0) is 15.4. The van der Waals surface area contributed by atoms with Crippen LogP contribution in [-0.2, 0) is 0 Å². The van der Waals surface area contributed by atoms with Gasteiger partial charge in [0, 0.05) is 23.8 Å². The molecule has 1 aromatic heterocycles. The quantitative estimate of drug-likeness (QED) is 0.892. The third-order valence-corrected chi connectivity index (χ3v) is 4.48.